The second-order valence-electron chi connectivity index (χ2n) is 5.41. The molecule has 0 spiro atoms. The molecule has 2 rings (SSSR count). The molecule has 0 bridgehead atoms. The number of aliphatic hydroxyl groups excluding tert-OH is 1. The van der Waals surface area contributed by atoms with Crippen LogP contribution in [0.5, 0.6) is 5.75 Å². The van der Waals surface area contributed by atoms with Crippen LogP contribution in [0.2, 0.25) is 0 Å². The Labute approximate surface area is 123 Å². The number of rotatable bonds is 5. The lowest BCUT2D eigenvalue weighted by molar-refractivity contribution is 0.0926. The number of likely N-dealkylation sites (tertiary alicyclic amines) is 1. The van der Waals surface area contributed by atoms with Crippen molar-refractivity contribution in [2.24, 2.45) is 5.92 Å². The fourth-order valence-electron chi connectivity index (χ4n) is 2.61. The molecule has 1 aromatic carbocycles. The largest absolute Gasteiger partial charge is 0.508 e. The van der Waals surface area contributed by atoms with Crippen molar-refractivity contribution in [2.75, 3.05) is 32.8 Å². The summed E-state index contributed by atoms with van der Waals surface area (Å²) in [6.45, 7) is 3.05. The van der Waals surface area contributed by atoms with E-state index in [0.717, 1.165) is 38.1 Å². The molecule has 21 heavy (non-hydrogen) atoms. The van der Waals surface area contributed by atoms with Crippen molar-refractivity contribution in [1.82, 2.24) is 10.2 Å². The van der Waals surface area contributed by atoms with Gasteiger partial charge in [-0.3, -0.25) is 4.79 Å². The standard InChI is InChI=1S/C15H21FN2O3/c16-14-4-3-12(20)8-13(14)15(21)17-5-7-18-6-1-2-11(9-18)10-19/h3-4,8,11,19-20H,1-2,5-7,9-10H2,(H,17,21). The Balaban J connectivity index is 1.80. The summed E-state index contributed by atoms with van der Waals surface area (Å²) in [5, 5.41) is 21.1. The molecule has 0 radical (unpaired) electrons. The van der Waals surface area contributed by atoms with Crippen LogP contribution < -0.4 is 5.32 Å². The molecule has 1 fully saturated rings. The first kappa shape index (κ1) is 15.7. The van der Waals surface area contributed by atoms with Crippen LogP contribution in [-0.4, -0.2) is 53.8 Å². The summed E-state index contributed by atoms with van der Waals surface area (Å²) >= 11 is 0. The molecular formula is C15H21FN2O3. The van der Waals surface area contributed by atoms with Crippen LogP contribution in [0.1, 0.15) is 23.2 Å². The minimum atomic E-state index is -0.649. The predicted octanol–water partition coefficient (Wildman–Crippen LogP) is 0.965. The van der Waals surface area contributed by atoms with Crippen molar-refractivity contribution >= 4 is 5.91 Å². The summed E-state index contributed by atoms with van der Waals surface area (Å²) in [6, 6.07) is 3.39. The number of amides is 1. The molecule has 1 aliphatic rings. The van der Waals surface area contributed by atoms with Gasteiger partial charge in [0.05, 0.1) is 5.56 Å². The van der Waals surface area contributed by atoms with Crippen molar-refractivity contribution in [3.63, 3.8) is 0 Å². The van der Waals surface area contributed by atoms with Gasteiger partial charge >= 0.3 is 0 Å². The Morgan fingerprint density at radius 1 is 1.48 bits per heavy atom. The maximum absolute atomic E-state index is 13.5. The Kier molecular flexibility index (Phi) is 5.52. The van der Waals surface area contributed by atoms with Crippen LogP contribution in [0.3, 0.4) is 0 Å². The maximum atomic E-state index is 13.5. The lowest BCUT2D eigenvalue weighted by Gasteiger charge is -2.31. The first-order chi connectivity index (χ1) is 10.1. The third-order valence-corrected chi connectivity index (χ3v) is 3.77. The van der Waals surface area contributed by atoms with Crippen LogP contribution in [0.15, 0.2) is 18.2 Å². The van der Waals surface area contributed by atoms with Crippen molar-refractivity contribution in [3.8, 4) is 5.75 Å². The van der Waals surface area contributed by atoms with Gasteiger partial charge in [-0.15, -0.1) is 0 Å². The molecule has 1 aliphatic heterocycles. The molecule has 1 unspecified atom stereocenters. The normalized spacial score (nSPS) is 19.4. The average molecular weight is 296 g/mol. The number of carbonyl (C=O) groups excluding carboxylic acids is 1. The highest BCUT2D eigenvalue weighted by Gasteiger charge is 2.19. The molecule has 1 atom stereocenters. The van der Waals surface area contributed by atoms with E-state index in [2.05, 4.69) is 10.2 Å². The zero-order valence-electron chi connectivity index (χ0n) is 11.9. The second-order valence-corrected chi connectivity index (χ2v) is 5.41. The van der Waals surface area contributed by atoms with Gasteiger partial charge in [0.1, 0.15) is 11.6 Å². The van der Waals surface area contributed by atoms with Crippen molar-refractivity contribution < 1.29 is 19.4 Å². The summed E-state index contributed by atoms with van der Waals surface area (Å²) < 4.78 is 13.5. The molecule has 0 aromatic heterocycles. The Morgan fingerprint density at radius 2 is 2.29 bits per heavy atom. The smallest absolute Gasteiger partial charge is 0.254 e. The van der Waals surface area contributed by atoms with Gasteiger partial charge in [-0.1, -0.05) is 0 Å². The molecule has 0 aliphatic carbocycles. The van der Waals surface area contributed by atoms with E-state index in [1.807, 2.05) is 0 Å². The zero-order valence-corrected chi connectivity index (χ0v) is 11.9. The molecule has 3 N–H and O–H groups in total. The number of piperidine rings is 1. The fourth-order valence-corrected chi connectivity index (χ4v) is 2.61. The monoisotopic (exact) mass is 296 g/mol. The molecule has 1 amide bonds. The summed E-state index contributed by atoms with van der Waals surface area (Å²) in [6.07, 6.45) is 2.08. The number of halogens is 1. The number of phenols is 1. The summed E-state index contributed by atoms with van der Waals surface area (Å²) in [7, 11) is 0. The van der Waals surface area contributed by atoms with Crippen LogP contribution in [0, 0.1) is 11.7 Å². The Morgan fingerprint density at radius 3 is 3.05 bits per heavy atom. The van der Waals surface area contributed by atoms with E-state index in [0.29, 0.717) is 19.0 Å². The SMILES string of the molecule is O=C(NCCN1CCCC(CO)C1)c1cc(O)ccc1F. The van der Waals surface area contributed by atoms with Gasteiger partial charge in [-0.25, -0.2) is 4.39 Å². The number of aliphatic hydroxyl groups is 1. The van der Waals surface area contributed by atoms with Gasteiger partial charge in [-0.05, 0) is 43.5 Å². The molecule has 116 valence electrons. The molecule has 5 nitrogen and oxygen atoms in total. The minimum absolute atomic E-state index is 0.136. The number of benzene rings is 1. The molecule has 1 saturated heterocycles. The first-order valence-electron chi connectivity index (χ1n) is 7.20. The number of hydrogen-bond acceptors (Lipinski definition) is 4. The Bertz CT molecular complexity index is 496. The summed E-state index contributed by atoms with van der Waals surface area (Å²) in [5.41, 5.74) is -0.151. The van der Waals surface area contributed by atoms with Crippen LogP contribution >= 0.6 is 0 Å². The van der Waals surface area contributed by atoms with Gasteiger partial charge in [0.2, 0.25) is 0 Å². The van der Waals surface area contributed by atoms with Crippen LogP contribution in [-0.2, 0) is 0 Å². The van der Waals surface area contributed by atoms with E-state index >= 15 is 0 Å². The average Bonchev–Trinajstić information content (AvgIpc) is 2.49. The minimum Gasteiger partial charge on any atom is -0.508 e. The van der Waals surface area contributed by atoms with Gasteiger partial charge in [0.15, 0.2) is 0 Å². The number of carbonyl (C=O) groups is 1. The molecule has 6 heteroatoms. The van der Waals surface area contributed by atoms with Crippen molar-refractivity contribution in [3.05, 3.63) is 29.6 Å². The fraction of sp³-hybridized carbons (Fsp3) is 0.533. The number of hydrogen-bond donors (Lipinski definition) is 3. The Hall–Kier alpha value is -1.66. The number of phenolic OH excluding ortho intramolecular Hbond substituents is 1. The van der Waals surface area contributed by atoms with E-state index < -0.39 is 11.7 Å². The van der Waals surface area contributed by atoms with E-state index in [1.165, 1.54) is 6.07 Å². The first-order valence-corrected chi connectivity index (χ1v) is 7.20. The highest BCUT2D eigenvalue weighted by atomic mass is 19.1. The number of aromatic hydroxyl groups is 1. The molecule has 1 aromatic rings. The van der Waals surface area contributed by atoms with Gasteiger partial charge in [0.25, 0.3) is 5.91 Å². The van der Waals surface area contributed by atoms with Crippen molar-refractivity contribution in [1.29, 1.82) is 0 Å². The molecule has 0 saturated carbocycles. The maximum Gasteiger partial charge on any atom is 0.254 e. The van der Waals surface area contributed by atoms with Crippen molar-refractivity contribution in [2.45, 2.75) is 12.8 Å². The van der Waals surface area contributed by atoms with E-state index in [4.69, 9.17) is 5.11 Å². The van der Waals surface area contributed by atoms with Crippen LogP contribution in [0.4, 0.5) is 4.39 Å². The predicted molar refractivity (Wildman–Crippen MR) is 76.6 cm³/mol. The number of nitrogens with one attached hydrogen (secondary N) is 1. The van der Waals surface area contributed by atoms with E-state index in [1.54, 1.807) is 0 Å². The van der Waals surface area contributed by atoms with Crippen LogP contribution in [0.25, 0.3) is 0 Å². The van der Waals surface area contributed by atoms with E-state index in [9.17, 15) is 14.3 Å². The highest BCUT2D eigenvalue weighted by Crippen LogP contribution is 2.16. The lowest BCUT2D eigenvalue weighted by Crippen LogP contribution is -2.41. The lowest BCUT2D eigenvalue weighted by atomic mass is 9.99. The highest BCUT2D eigenvalue weighted by molar-refractivity contribution is 5.94. The topological polar surface area (TPSA) is 72.8 Å². The quantitative estimate of drug-likeness (QED) is 0.757. The number of nitrogens with zero attached hydrogens (tertiary/aromatic N) is 1. The van der Waals surface area contributed by atoms with Gasteiger partial charge in [-0.2, -0.15) is 0 Å². The summed E-state index contributed by atoms with van der Waals surface area (Å²) in [5.74, 6) is -1.01. The molecule has 1 heterocycles. The third-order valence-electron chi connectivity index (χ3n) is 3.77. The third kappa shape index (κ3) is 4.41. The second kappa shape index (κ2) is 7.38. The molecular weight excluding hydrogens is 275 g/mol. The van der Waals surface area contributed by atoms with Gasteiger partial charge in [0, 0.05) is 26.2 Å². The zero-order chi connectivity index (χ0) is 15.2. The summed E-state index contributed by atoms with van der Waals surface area (Å²) in [4.78, 5) is 14.0. The van der Waals surface area contributed by atoms with E-state index in [-0.39, 0.29) is 17.9 Å². The van der Waals surface area contributed by atoms with Gasteiger partial charge < -0.3 is 20.4 Å².